The van der Waals surface area contributed by atoms with Gasteiger partial charge in [-0.15, -0.1) is 0 Å². The van der Waals surface area contributed by atoms with E-state index in [1.165, 1.54) is 0 Å². The van der Waals surface area contributed by atoms with Crippen LogP contribution in [0.4, 0.5) is 5.82 Å². The zero-order valence-corrected chi connectivity index (χ0v) is 17.1. The lowest BCUT2D eigenvalue weighted by molar-refractivity contribution is -0.135. The first-order chi connectivity index (χ1) is 13.5. The molecule has 3 aromatic heterocycles. The van der Waals surface area contributed by atoms with E-state index >= 15 is 0 Å². The van der Waals surface area contributed by atoms with E-state index in [0.717, 1.165) is 49.3 Å². The number of imidazole rings is 2. The largest absolute Gasteiger partial charge is 0.368 e. The van der Waals surface area contributed by atoms with Crippen molar-refractivity contribution in [2.45, 2.75) is 64.8 Å². The summed E-state index contributed by atoms with van der Waals surface area (Å²) in [5.41, 5.74) is 1.01. The highest BCUT2D eigenvalue weighted by atomic mass is 16.5. The number of rotatable bonds is 7. The van der Waals surface area contributed by atoms with Crippen LogP contribution in [0.5, 0.6) is 0 Å². The minimum absolute atomic E-state index is 0.132. The molecule has 4 rings (SSSR count). The van der Waals surface area contributed by atoms with Crippen molar-refractivity contribution in [3.63, 3.8) is 0 Å². The zero-order valence-electron chi connectivity index (χ0n) is 17.1. The van der Waals surface area contributed by atoms with E-state index < -0.39 is 5.72 Å². The standard InChI is InChI=1S/C20H29N7O/c1-5-19(3)15(2)11-20(4,28-19)27-14-25-16-17(23-12-24-18(16)27)22-7-6-9-26-10-8-21-13-26/h8,10,12-15H,5-7,9,11H2,1-4H3,(H,22,23,24). The molecule has 150 valence electrons. The van der Waals surface area contributed by atoms with E-state index in [0.29, 0.717) is 5.92 Å². The number of fused-ring (bicyclic) bond motifs is 1. The van der Waals surface area contributed by atoms with Crippen LogP contribution in [0, 0.1) is 5.92 Å². The number of ether oxygens (including phenoxy) is 1. The molecule has 3 aromatic rings. The molecule has 0 bridgehead atoms. The van der Waals surface area contributed by atoms with Crippen molar-refractivity contribution >= 4 is 17.0 Å². The van der Waals surface area contributed by atoms with E-state index in [1.807, 2.05) is 18.9 Å². The predicted octanol–water partition coefficient (Wildman–Crippen LogP) is 3.42. The molecule has 1 fully saturated rings. The maximum absolute atomic E-state index is 6.56. The van der Waals surface area contributed by atoms with Crippen molar-refractivity contribution in [1.82, 2.24) is 29.1 Å². The average molecular weight is 384 g/mol. The van der Waals surface area contributed by atoms with Crippen molar-refractivity contribution in [3.05, 3.63) is 31.4 Å². The van der Waals surface area contributed by atoms with Gasteiger partial charge in [-0.2, -0.15) is 0 Å². The summed E-state index contributed by atoms with van der Waals surface area (Å²) in [5.74, 6) is 1.23. The van der Waals surface area contributed by atoms with Crippen molar-refractivity contribution in [1.29, 1.82) is 0 Å². The first kappa shape index (κ1) is 18.9. The lowest BCUT2D eigenvalue weighted by Crippen LogP contribution is -2.34. The number of aromatic nitrogens is 6. The van der Waals surface area contributed by atoms with E-state index in [-0.39, 0.29) is 5.60 Å². The Labute approximate surface area is 165 Å². The summed E-state index contributed by atoms with van der Waals surface area (Å²) in [7, 11) is 0. The van der Waals surface area contributed by atoms with Gasteiger partial charge in [0.2, 0.25) is 0 Å². The Morgan fingerprint density at radius 1 is 1.25 bits per heavy atom. The molecule has 0 aromatic carbocycles. The van der Waals surface area contributed by atoms with Gasteiger partial charge in [-0.1, -0.05) is 13.8 Å². The zero-order chi connectivity index (χ0) is 19.8. The highest BCUT2D eigenvalue weighted by Crippen LogP contribution is 2.47. The summed E-state index contributed by atoms with van der Waals surface area (Å²) in [6, 6.07) is 0. The van der Waals surface area contributed by atoms with Gasteiger partial charge in [-0.05, 0) is 32.6 Å². The van der Waals surface area contributed by atoms with Crippen LogP contribution >= 0.6 is 0 Å². The molecule has 0 saturated carbocycles. The summed E-state index contributed by atoms with van der Waals surface area (Å²) >= 11 is 0. The summed E-state index contributed by atoms with van der Waals surface area (Å²) < 4.78 is 10.7. The minimum atomic E-state index is -0.452. The van der Waals surface area contributed by atoms with Gasteiger partial charge in [0, 0.05) is 31.9 Å². The smallest absolute Gasteiger partial charge is 0.167 e. The Morgan fingerprint density at radius 2 is 2.11 bits per heavy atom. The molecular weight excluding hydrogens is 354 g/mol. The van der Waals surface area contributed by atoms with E-state index in [4.69, 9.17) is 4.74 Å². The van der Waals surface area contributed by atoms with Gasteiger partial charge in [0.15, 0.2) is 17.0 Å². The first-order valence-corrected chi connectivity index (χ1v) is 10.0. The number of nitrogens with one attached hydrogen (secondary N) is 1. The Kier molecular flexibility index (Phi) is 4.82. The molecule has 1 aliphatic rings. The second-order valence-corrected chi connectivity index (χ2v) is 8.14. The summed E-state index contributed by atoms with van der Waals surface area (Å²) in [5, 5.41) is 3.40. The van der Waals surface area contributed by atoms with Crippen LogP contribution in [0.2, 0.25) is 0 Å². The number of hydrogen-bond acceptors (Lipinski definition) is 6. The topological polar surface area (TPSA) is 82.7 Å². The quantitative estimate of drug-likeness (QED) is 0.630. The SMILES string of the molecule is CCC1(C)OC(C)(n2cnc3c(NCCCn4ccnc4)ncnc32)CC1C. The van der Waals surface area contributed by atoms with Crippen molar-refractivity contribution in [3.8, 4) is 0 Å². The first-order valence-electron chi connectivity index (χ1n) is 10.0. The molecule has 0 aliphatic carbocycles. The van der Waals surface area contributed by atoms with Crippen LogP contribution in [-0.2, 0) is 17.0 Å². The normalized spacial score (nSPS) is 27.5. The van der Waals surface area contributed by atoms with Gasteiger partial charge in [-0.25, -0.2) is 19.9 Å². The van der Waals surface area contributed by atoms with Crippen molar-refractivity contribution in [2.75, 3.05) is 11.9 Å². The Bertz CT molecular complexity index is 937. The van der Waals surface area contributed by atoms with Crippen molar-refractivity contribution < 1.29 is 4.74 Å². The third-order valence-corrected chi connectivity index (χ3v) is 6.17. The van der Waals surface area contributed by atoms with Gasteiger partial charge >= 0.3 is 0 Å². The fourth-order valence-corrected chi connectivity index (χ4v) is 4.19. The van der Waals surface area contributed by atoms with Gasteiger partial charge < -0.3 is 14.6 Å². The Morgan fingerprint density at radius 3 is 2.82 bits per heavy atom. The van der Waals surface area contributed by atoms with E-state index in [9.17, 15) is 0 Å². The van der Waals surface area contributed by atoms with Gasteiger partial charge in [0.1, 0.15) is 12.1 Å². The van der Waals surface area contributed by atoms with Crippen LogP contribution in [0.25, 0.3) is 11.2 Å². The van der Waals surface area contributed by atoms with Gasteiger partial charge in [0.25, 0.3) is 0 Å². The monoisotopic (exact) mass is 383 g/mol. The molecule has 1 aliphatic heterocycles. The summed E-state index contributed by atoms with van der Waals surface area (Å²) in [6.45, 7) is 10.5. The molecular formula is C20H29N7O. The Hall–Kier alpha value is -2.48. The summed E-state index contributed by atoms with van der Waals surface area (Å²) in [4.78, 5) is 17.6. The molecule has 8 heteroatoms. The average Bonchev–Trinajstić information content (AvgIpc) is 3.39. The summed E-state index contributed by atoms with van der Waals surface area (Å²) in [6.07, 6.45) is 11.9. The van der Waals surface area contributed by atoms with E-state index in [2.05, 4.69) is 62.1 Å². The lowest BCUT2D eigenvalue weighted by Gasteiger charge is -2.31. The molecule has 1 saturated heterocycles. The molecule has 0 amide bonds. The molecule has 28 heavy (non-hydrogen) atoms. The third kappa shape index (κ3) is 3.26. The van der Waals surface area contributed by atoms with Crippen LogP contribution < -0.4 is 5.32 Å². The number of aryl methyl sites for hydroxylation is 1. The van der Waals surface area contributed by atoms with Gasteiger partial charge in [-0.3, -0.25) is 4.57 Å². The molecule has 3 atom stereocenters. The van der Waals surface area contributed by atoms with Crippen molar-refractivity contribution in [2.24, 2.45) is 5.92 Å². The molecule has 0 radical (unpaired) electrons. The van der Waals surface area contributed by atoms with Crippen LogP contribution in [-0.4, -0.2) is 41.2 Å². The third-order valence-electron chi connectivity index (χ3n) is 6.17. The molecule has 8 nitrogen and oxygen atoms in total. The number of nitrogens with zero attached hydrogens (tertiary/aromatic N) is 6. The Balaban J connectivity index is 1.52. The van der Waals surface area contributed by atoms with E-state index in [1.54, 1.807) is 12.5 Å². The number of hydrogen-bond donors (Lipinski definition) is 1. The van der Waals surface area contributed by atoms with Crippen LogP contribution in [0.1, 0.15) is 47.0 Å². The van der Waals surface area contributed by atoms with Crippen LogP contribution in [0.3, 0.4) is 0 Å². The minimum Gasteiger partial charge on any atom is -0.368 e. The number of anilines is 1. The molecule has 3 unspecified atom stereocenters. The van der Waals surface area contributed by atoms with Crippen LogP contribution in [0.15, 0.2) is 31.4 Å². The lowest BCUT2D eigenvalue weighted by atomic mass is 9.87. The maximum atomic E-state index is 6.56. The highest BCUT2D eigenvalue weighted by molar-refractivity contribution is 5.82. The molecule has 4 heterocycles. The molecule has 0 spiro atoms. The fraction of sp³-hybridized carbons (Fsp3) is 0.600. The second kappa shape index (κ2) is 7.16. The van der Waals surface area contributed by atoms with Gasteiger partial charge in [0.05, 0.1) is 18.3 Å². The second-order valence-electron chi connectivity index (χ2n) is 8.14. The predicted molar refractivity (Wildman–Crippen MR) is 108 cm³/mol. The maximum Gasteiger partial charge on any atom is 0.167 e. The highest BCUT2D eigenvalue weighted by Gasteiger charge is 2.49. The molecule has 1 N–H and O–H groups in total. The fourth-order valence-electron chi connectivity index (χ4n) is 4.19.